The van der Waals surface area contributed by atoms with E-state index in [4.69, 9.17) is 0 Å². The zero-order chi connectivity index (χ0) is 6.57. The van der Waals surface area contributed by atoms with E-state index in [-0.39, 0.29) is 0 Å². The molecule has 0 N–H and O–H groups in total. The Bertz CT molecular complexity index is 82.5. The molecule has 0 heterocycles. The Labute approximate surface area is 47.6 Å². The molecule has 0 fully saturated rings. The van der Waals surface area contributed by atoms with Crippen molar-refractivity contribution in [3.63, 3.8) is 0 Å². The van der Waals surface area contributed by atoms with Crippen molar-refractivity contribution in [3.05, 3.63) is 0 Å². The van der Waals surface area contributed by atoms with Gasteiger partial charge in [-0.1, -0.05) is 0 Å². The molecule has 48 valence electrons. The van der Waals surface area contributed by atoms with Gasteiger partial charge in [0.2, 0.25) is 0 Å². The van der Waals surface area contributed by atoms with Crippen molar-refractivity contribution in [2.24, 2.45) is 0 Å². The highest BCUT2D eigenvalue weighted by Gasteiger charge is 2.01. The molecule has 0 saturated carbocycles. The second-order valence-electron chi connectivity index (χ2n) is 1.57. The number of rotatable bonds is 2. The van der Waals surface area contributed by atoms with E-state index in [2.05, 4.69) is 4.74 Å². The van der Waals surface area contributed by atoms with Crippen LogP contribution in [0.3, 0.4) is 0 Å². The van der Waals surface area contributed by atoms with Crippen LogP contribution in [0.15, 0.2) is 0 Å². The van der Waals surface area contributed by atoms with Crippen LogP contribution in [0.25, 0.3) is 0 Å². The molecule has 0 aliphatic carbocycles. The molecule has 0 amide bonds. The molecule has 0 bridgehead atoms. The third-order valence-corrected chi connectivity index (χ3v) is 0.584. The van der Waals surface area contributed by atoms with Gasteiger partial charge in [-0.05, 0) is 6.92 Å². The molecule has 0 aromatic carbocycles. The van der Waals surface area contributed by atoms with E-state index in [0.717, 1.165) is 0 Å². The lowest BCUT2D eigenvalue weighted by Crippen LogP contribution is -2.13. The number of carbonyl (C=O) groups is 1. The van der Waals surface area contributed by atoms with Crippen molar-refractivity contribution in [1.29, 1.82) is 0 Å². The average molecular weight is 120 g/mol. The summed E-state index contributed by atoms with van der Waals surface area (Å²) in [5.41, 5.74) is 0. The van der Waals surface area contributed by atoms with Gasteiger partial charge in [-0.25, -0.2) is 4.39 Å². The van der Waals surface area contributed by atoms with E-state index in [1.54, 1.807) is 0 Å². The number of esters is 1. The van der Waals surface area contributed by atoms with Gasteiger partial charge in [0.05, 0.1) is 0 Å². The quantitative estimate of drug-likeness (QED) is 0.506. The first-order valence-electron chi connectivity index (χ1n) is 2.40. The van der Waals surface area contributed by atoms with Crippen molar-refractivity contribution in [2.45, 2.75) is 20.0 Å². The fourth-order valence-electron chi connectivity index (χ4n) is 0.315. The van der Waals surface area contributed by atoms with Crippen LogP contribution in [-0.4, -0.2) is 18.7 Å². The minimum absolute atomic E-state index is 0.435. The molecule has 0 aliphatic heterocycles. The van der Waals surface area contributed by atoms with Crippen LogP contribution in [0, 0.1) is 0 Å². The summed E-state index contributed by atoms with van der Waals surface area (Å²) in [6.45, 7) is 2.15. The molecule has 1 atom stereocenters. The van der Waals surface area contributed by atoms with E-state index in [1.807, 2.05) is 0 Å². The minimum atomic E-state index is -0.612. The molecule has 3 heteroatoms. The van der Waals surface area contributed by atoms with Crippen LogP contribution in [0.5, 0.6) is 0 Å². The Morgan fingerprint density at radius 1 is 1.88 bits per heavy atom. The van der Waals surface area contributed by atoms with Gasteiger partial charge in [0.15, 0.2) is 0 Å². The number of alkyl halides is 1. The normalized spacial score (nSPS) is 12.9. The minimum Gasteiger partial charge on any atom is -0.460 e. The van der Waals surface area contributed by atoms with Crippen LogP contribution < -0.4 is 0 Å². The van der Waals surface area contributed by atoms with Crippen molar-refractivity contribution in [2.75, 3.05) is 6.67 Å². The highest BCUT2D eigenvalue weighted by atomic mass is 19.1. The monoisotopic (exact) mass is 120 g/mol. The van der Waals surface area contributed by atoms with E-state index in [9.17, 15) is 9.18 Å². The molecule has 0 rings (SSSR count). The summed E-state index contributed by atoms with van der Waals surface area (Å²) in [5, 5.41) is 0. The second kappa shape index (κ2) is 3.41. The molecular weight excluding hydrogens is 111 g/mol. The first kappa shape index (κ1) is 7.40. The molecule has 1 unspecified atom stereocenters. The lowest BCUT2D eigenvalue weighted by molar-refractivity contribution is -0.146. The summed E-state index contributed by atoms with van der Waals surface area (Å²) in [4.78, 5) is 10.0. The van der Waals surface area contributed by atoms with Crippen molar-refractivity contribution in [1.82, 2.24) is 0 Å². The van der Waals surface area contributed by atoms with Crippen LogP contribution in [0.4, 0.5) is 4.39 Å². The standard InChI is InChI=1S/C5H9FO2/c1-4(3-6)8-5(2)7/h4H,3H2,1-2H3. The van der Waals surface area contributed by atoms with Gasteiger partial charge in [0, 0.05) is 6.92 Å². The van der Waals surface area contributed by atoms with E-state index in [1.165, 1.54) is 13.8 Å². The summed E-state index contributed by atoms with van der Waals surface area (Å²) >= 11 is 0. The SMILES string of the molecule is CC(=O)OC(C)CF. The third-order valence-electron chi connectivity index (χ3n) is 0.584. The maximum Gasteiger partial charge on any atom is 0.302 e. The van der Waals surface area contributed by atoms with Crippen LogP contribution in [0.1, 0.15) is 13.8 Å². The highest BCUT2D eigenvalue weighted by molar-refractivity contribution is 5.66. The second-order valence-corrected chi connectivity index (χ2v) is 1.57. The Morgan fingerprint density at radius 2 is 2.38 bits per heavy atom. The first-order chi connectivity index (χ1) is 3.66. The summed E-state index contributed by atoms with van der Waals surface area (Å²) in [6.07, 6.45) is -0.590. The Hall–Kier alpha value is -0.600. The van der Waals surface area contributed by atoms with Gasteiger partial charge in [-0.2, -0.15) is 0 Å². The van der Waals surface area contributed by atoms with Gasteiger partial charge in [-0.3, -0.25) is 4.79 Å². The van der Waals surface area contributed by atoms with E-state index >= 15 is 0 Å². The first-order valence-corrected chi connectivity index (χ1v) is 2.40. The molecule has 0 radical (unpaired) electrons. The van der Waals surface area contributed by atoms with Gasteiger partial charge >= 0.3 is 5.97 Å². The third kappa shape index (κ3) is 3.59. The number of carbonyl (C=O) groups excluding carboxylic acids is 1. The fourth-order valence-corrected chi connectivity index (χ4v) is 0.315. The molecule has 0 aromatic heterocycles. The average Bonchev–Trinajstić information content (AvgIpc) is 1.65. The van der Waals surface area contributed by atoms with Gasteiger partial charge < -0.3 is 4.74 Å². The molecule has 0 aromatic rings. The number of halogens is 1. The van der Waals surface area contributed by atoms with Crippen molar-refractivity contribution < 1.29 is 13.9 Å². The van der Waals surface area contributed by atoms with E-state index in [0.29, 0.717) is 0 Å². The Balaban J connectivity index is 3.24. The number of hydrogen-bond acceptors (Lipinski definition) is 2. The molecule has 0 saturated heterocycles. The summed E-state index contributed by atoms with van der Waals surface area (Å²) in [6, 6.07) is 0. The fraction of sp³-hybridized carbons (Fsp3) is 0.800. The predicted molar refractivity (Wildman–Crippen MR) is 27.2 cm³/mol. The Kier molecular flexibility index (Phi) is 3.15. The molecule has 0 spiro atoms. The largest absolute Gasteiger partial charge is 0.460 e. The van der Waals surface area contributed by atoms with Gasteiger partial charge in [0.1, 0.15) is 12.8 Å². The van der Waals surface area contributed by atoms with Crippen LogP contribution in [-0.2, 0) is 9.53 Å². The van der Waals surface area contributed by atoms with Crippen molar-refractivity contribution in [3.8, 4) is 0 Å². The van der Waals surface area contributed by atoms with Gasteiger partial charge in [0.25, 0.3) is 0 Å². The predicted octanol–water partition coefficient (Wildman–Crippen LogP) is 0.907. The molecular formula is C5H9FO2. The summed E-state index contributed by atoms with van der Waals surface area (Å²) in [7, 11) is 0. The lowest BCUT2D eigenvalue weighted by atomic mass is 10.4. The maximum absolute atomic E-state index is 11.5. The smallest absolute Gasteiger partial charge is 0.302 e. The number of hydrogen-bond donors (Lipinski definition) is 0. The highest BCUT2D eigenvalue weighted by Crippen LogP contribution is 1.90. The maximum atomic E-state index is 11.5. The Morgan fingerprint density at radius 3 is 2.50 bits per heavy atom. The van der Waals surface area contributed by atoms with Crippen molar-refractivity contribution >= 4 is 5.97 Å². The van der Waals surface area contributed by atoms with Gasteiger partial charge in [-0.15, -0.1) is 0 Å². The molecule has 0 aliphatic rings. The summed E-state index contributed by atoms with van der Waals surface area (Å²) in [5.74, 6) is -0.435. The van der Waals surface area contributed by atoms with Crippen LogP contribution in [0.2, 0.25) is 0 Å². The summed E-state index contributed by atoms with van der Waals surface area (Å²) < 4.78 is 15.9. The van der Waals surface area contributed by atoms with E-state index < -0.39 is 18.7 Å². The molecule has 8 heavy (non-hydrogen) atoms. The number of ether oxygens (including phenoxy) is 1. The van der Waals surface area contributed by atoms with Crippen LogP contribution >= 0.6 is 0 Å². The zero-order valence-corrected chi connectivity index (χ0v) is 4.98. The zero-order valence-electron chi connectivity index (χ0n) is 4.98. The topological polar surface area (TPSA) is 26.3 Å². The molecule has 2 nitrogen and oxygen atoms in total. The lowest BCUT2D eigenvalue weighted by Gasteiger charge is -2.04.